The molecule has 1 heterocycles. The van der Waals surface area contributed by atoms with E-state index in [1.54, 1.807) is 6.07 Å². The zero-order valence-corrected chi connectivity index (χ0v) is 10.4. The van der Waals surface area contributed by atoms with Gasteiger partial charge in [-0.25, -0.2) is 4.39 Å². The van der Waals surface area contributed by atoms with Gasteiger partial charge in [0.05, 0.1) is 17.9 Å². The smallest absolute Gasteiger partial charge is 0.141 e. The number of nitrogens with zero attached hydrogens (tertiary/aromatic N) is 1. The van der Waals surface area contributed by atoms with Crippen LogP contribution in [0, 0.1) is 5.82 Å². The molecule has 0 spiro atoms. The molecule has 0 aliphatic heterocycles. The van der Waals surface area contributed by atoms with Crippen molar-refractivity contribution in [2.24, 2.45) is 0 Å². The van der Waals surface area contributed by atoms with E-state index in [0.29, 0.717) is 0 Å². The fraction of sp³-hybridized carbons (Fsp3) is 0.267. The van der Waals surface area contributed by atoms with Crippen molar-refractivity contribution in [3.63, 3.8) is 0 Å². The zero-order chi connectivity index (χ0) is 12.8. The molecule has 0 amide bonds. The van der Waals surface area contributed by atoms with Crippen LogP contribution in [0.25, 0.3) is 0 Å². The molecule has 1 atom stereocenters. The van der Waals surface area contributed by atoms with Crippen LogP contribution in [-0.2, 0) is 6.42 Å². The number of pyridine rings is 1. The van der Waals surface area contributed by atoms with Crippen molar-refractivity contribution < 1.29 is 4.39 Å². The number of rotatable bonds is 5. The number of hydrogen-bond acceptors (Lipinski definition) is 2. The average molecular weight is 244 g/mol. The van der Waals surface area contributed by atoms with Crippen molar-refractivity contribution in [1.29, 1.82) is 0 Å². The van der Waals surface area contributed by atoms with Gasteiger partial charge in [-0.1, -0.05) is 37.3 Å². The second kappa shape index (κ2) is 6.26. The minimum absolute atomic E-state index is 0.123. The Hall–Kier alpha value is -1.74. The number of likely N-dealkylation sites (N-methyl/N-ethyl adjacent to an activating group) is 1. The largest absolute Gasteiger partial charge is 0.309 e. The van der Waals surface area contributed by atoms with Crippen LogP contribution >= 0.6 is 0 Å². The Morgan fingerprint density at radius 3 is 2.56 bits per heavy atom. The monoisotopic (exact) mass is 244 g/mol. The lowest BCUT2D eigenvalue weighted by molar-refractivity contribution is 0.532. The molecule has 94 valence electrons. The summed E-state index contributed by atoms with van der Waals surface area (Å²) in [6.45, 7) is 2.91. The fourth-order valence-electron chi connectivity index (χ4n) is 1.97. The molecule has 1 aromatic carbocycles. The lowest BCUT2D eigenvalue weighted by Crippen LogP contribution is -2.23. The van der Waals surface area contributed by atoms with Gasteiger partial charge in [-0.2, -0.15) is 0 Å². The highest BCUT2D eigenvalue weighted by atomic mass is 19.1. The van der Waals surface area contributed by atoms with Gasteiger partial charge in [-0.05, 0) is 30.7 Å². The summed E-state index contributed by atoms with van der Waals surface area (Å²) in [5.41, 5.74) is 2.12. The summed E-state index contributed by atoms with van der Waals surface area (Å²) in [6.07, 6.45) is 2.12. The molecule has 1 aromatic heterocycles. The first-order valence-corrected chi connectivity index (χ1v) is 6.18. The quantitative estimate of drug-likeness (QED) is 0.874. The van der Waals surface area contributed by atoms with E-state index >= 15 is 0 Å². The molecular weight excluding hydrogens is 227 g/mol. The van der Waals surface area contributed by atoms with Crippen LogP contribution in [0.3, 0.4) is 0 Å². The van der Waals surface area contributed by atoms with Crippen molar-refractivity contribution in [2.75, 3.05) is 6.54 Å². The van der Waals surface area contributed by atoms with Gasteiger partial charge in [0, 0.05) is 0 Å². The molecular formula is C15H17FN2. The first-order chi connectivity index (χ1) is 8.79. The van der Waals surface area contributed by atoms with Gasteiger partial charge < -0.3 is 5.32 Å². The van der Waals surface area contributed by atoms with Crippen LogP contribution < -0.4 is 5.32 Å². The third kappa shape index (κ3) is 3.37. The van der Waals surface area contributed by atoms with E-state index < -0.39 is 0 Å². The number of aromatic nitrogens is 1. The maximum atomic E-state index is 12.9. The van der Waals surface area contributed by atoms with E-state index in [0.717, 1.165) is 18.7 Å². The van der Waals surface area contributed by atoms with Crippen LogP contribution in [0.1, 0.15) is 24.2 Å². The Balaban J connectivity index is 2.15. The molecule has 0 aliphatic rings. The van der Waals surface area contributed by atoms with Crippen LogP contribution in [0.15, 0.2) is 48.7 Å². The number of halogens is 1. The third-order valence-corrected chi connectivity index (χ3v) is 2.84. The Bertz CT molecular complexity index is 468. The molecule has 0 bridgehead atoms. The molecule has 0 saturated heterocycles. The minimum Gasteiger partial charge on any atom is -0.309 e. The van der Waals surface area contributed by atoms with Gasteiger partial charge in [0.15, 0.2) is 0 Å². The normalized spacial score (nSPS) is 12.3. The second-order valence-corrected chi connectivity index (χ2v) is 4.20. The van der Waals surface area contributed by atoms with Gasteiger partial charge in [-0.3, -0.25) is 4.98 Å². The standard InChI is InChI=1S/C15H17FN2/c1-2-17-15(10-12-6-4-3-5-7-12)14-9-8-13(16)11-18-14/h3-9,11,15,17H,2,10H2,1H3. The average Bonchev–Trinajstić information content (AvgIpc) is 2.40. The molecule has 0 aliphatic carbocycles. The van der Waals surface area contributed by atoms with Crippen molar-refractivity contribution >= 4 is 0 Å². The highest BCUT2D eigenvalue weighted by Crippen LogP contribution is 2.16. The number of benzene rings is 1. The summed E-state index contributed by atoms with van der Waals surface area (Å²) >= 11 is 0. The summed E-state index contributed by atoms with van der Waals surface area (Å²) in [4.78, 5) is 4.16. The highest BCUT2D eigenvalue weighted by Gasteiger charge is 2.12. The lowest BCUT2D eigenvalue weighted by Gasteiger charge is -2.17. The maximum Gasteiger partial charge on any atom is 0.141 e. The van der Waals surface area contributed by atoms with Crippen LogP contribution in [0.5, 0.6) is 0 Å². The van der Waals surface area contributed by atoms with E-state index in [-0.39, 0.29) is 11.9 Å². The molecule has 18 heavy (non-hydrogen) atoms. The van der Waals surface area contributed by atoms with Crippen LogP contribution in [0.2, 0.25) is 0 Å². The Labute approximate surface area is 107 Å². The van der Waals surface area contributed by atoms with E-state index in [4.69, 9.17) is 0 Å². The highest BCUT2D eigenvalue weighted by molar-refractivity contribution is 5.19. The van der Waals surface area contributed by atoms with Crippen molar-refractivity contribution in [3.8, 4) is 0 Å². The van der Waals surface area contributed by atoms with Crippen molar-refractivity contribution in [3.05, 3.63) is 65.7 Å². The fourth-order valence-corrected chi connectivity index (χ4v) is 1.97. The molecule has 0 radical (unpaired) electrons. The maximum absolute atomic E-state index is 12.9. The summed E-state index contributed by atoms with van der Waals surface area (Å²) in [5.74, 6) is -0.297. The van der Waals surface area contributed by atoms with E-state index in [1.165, 1.54) is 17.8 Å². The molecule has 1 unspecified atom stereocenters. The molecule has 0 fully saturated rings. The Morgan fingerprint density at radius 2 is 1.94 bits per heavy atom. The topological polar surface area (TPSA) is 24.9 Å². The molecule has 0 saturated carbocycles. The molecule has 3 heteroatoms. The predicted molar refractivity (Wildman–Crippen MR) is 70.8 cm³/mol. The first-order valence-electron chi connectivity index (χ1n) is 6.18. The molecule has 2 aromatic rings. The third-order valence-electron chi connectivity index (χ3n) is 2.84. The summed E-state index contributed by atoms with van der Waals surface area (Å²) < 4.78 is 12.9. The minimum atomic E-state index is -0.297. The van der Waals surface area contributed by atoms with Gasteiger partial charge in [0.2, 0.25) is 0 Å². The van der Waals surface area contributed by atoms with Crippen molar-refractivity contribution in [2.45, 2.75) is 19.4 Å². The van der Waals surface area contributed by atoms with Crippen LogP contribution in [-0.4, -0.2) is 11.5 Å². The van der Waals surface area contributed by atoms with Gasteiger partial charge >= 0.3 is 0 Å². The van der Waals surface area contributed by atoms with Gasteiger partial charge in [-0.15, -0.1) is 0 Å². The summed E-state index contributed by atoms with van der Waals surface area (Å²) in [7, 11) is 0. The molecule has 2 nitrogen and oxygen atoms in total. The number of hydrogen-bond donors (Lipinski definition) is 1. The first kappa shape index (κ1) is 12.7. The predicted octanol–water partition coefficient (Wildman–Crippen LogP) is 3.11. The molecule has 2 rings (SSSR count). The van der Waals surface area contributed by atoms with Gasteiger partial charge in [0.25, 0.3) is 0 Å². The van der Waals surface area contributed by atoms with Crippen molar-refractivity contribution in [1.82, 2.24) is 10.3 Å². The zero-order valence-electron chi connectivity index (χ0n) is 10.4. The second-order valence-electron chi connectivity index (χ2n) is 4.20. The summed E-state index contributed by atoms with van der Waals surface area (Å²) in [6, 6.07) is 13.6. The SMILES string of the molecule is CCNC(Cc1ccccc1)c1ccc(F)cn1. The lowest BCUT2D eigenvalue weighted by atomic mass is 10.0. The van der Waals surface area contributed by atoms with E-state index in [1.807, 2.05) is 18.2 Å². The van der Waals surface area contributed by atoms with E-state index in [9.17, 15) is 4.39 Å². The van der Waals surface area contributed by atoms with Crippen LogP contribution in [0.4, 0.5) is 4.39 Å². The molecule has 1 N–H and O–H groups in total. The van der Waals surface area contributed by atoms with Gasteiger partial charge in [0.1, 0.15) is 5.82 Å². The summed E-state index contributed by atoms with van der Waals surface area (Å²) in [5, 5.41) is 3.38. The Morgan fingerprint density at radius 1 is 1.17 bits per heavy atom. The van der Waals surface area contributed by atoms with E-state index in [2.05, 4.69) is 29.4 Å². The number of nitrogens with one attached hydrogen (secondary N) is 1. The Kier molecular flexibility index (Phi) is 4.42.